The predicted molar refractivity (Wildman–Crippen MR) is 53.2 cm³/mol. The van der Waals surface area contributed by atoms with Crippen LogP contribution in [-0.4, -0.2) is 6.21 Å². The van der Waals surface area contributed by atoms with E-state index in [1.807, 2.05) is 0 Å². The summed E-state index contributed by atoms with van der Waals surface area (Å²) in [6.07, 6.45) is -9.38. The molecule has 0 aliphatic heterocycles. The van der Waals surface area contributed by atoms with Crippen LogP contribution < -0.4 is 5.84 Å². The molecule has 0 atom stereocenters. The summed E-state index contributed by atoms with van der Waals surface area (Å²) in [7, 11) is 0. The van der Waals surface area contributed by atoms with Crippen molar-refractivity contribution in [2.24, 2.45) is 10.9 Å². The fraction of sp³-hybridized carbons (Fsp3) is 0.222. The van der Waals surface area contributed by atoms with Crippen LogP contribution in [0.15, 0.2) is 17.2 Å². The van der Waals surface area contributed by atoms with E-state index in [0.717, 1.165) is 0 Å². The fourth-order valence-corrected chi connectivity index (χ4v) is 1.49. The van der Waals surface area contributed by atoms with E-state index in [2.05, 4.69) is 10.9 Å². The second-order valence-corrected chi connectivity index (χ2v) is 3.60. The van der Waals surface area contributed by atoms with Crippen LogP contribution in [0.3, 0.4) is 0 Å². The zero-order valence-electron chi connectivity index (χ0n) is 8.40. The third-order valence-electron chi connectivity index (χ3n) is 1.97. The van der Waals surface area contributed by atoms with Gasteiger partial charge in [-0.05, 0) is 12.1 Å². The maximum atomic E-state index is 12.6. The van der Waals surface area contributed by atoms with E-state index in [-0.39, 0.29) is 6.07 Å². The van der Waals surface area contributed by atoms with Gasteiger partial charge in [0.05, 0.1) is 22.4 Å². The Morgan fingerprint density at radius 2 is 1.61 bits per heavy atom. The molecule has 0 radical (unpaired) electrons. The van der Waals surface area contributed by atoms with Gasteiger partial charge in [-0.1, -0.05) is 11.6 Å². The molecule has 2 nitrogen and oxygen atoms in total. The molecule has 0 aromatic heterocycles. The monoisotopic (exact) mass is 290 g/mol. The summed E-state index contributed by atoms with van der Waals surface area (Å²) in [5.74, 6) is 4.69. The Morgan fingerprint density at radius 3 is 2.00 bits per heavy atom. The maximum Gasteiger partial charge on any atom is 0.417 e. The van der Waals surface area contributed by atoms with Crippen LogP contribution in [0.2, 0.25) is 5.02 Å². The molecule has 2 N–H and O–H groups in total. The topological polar surface area (TPSA) is 38.4 Å². The van der Waals surface area contributed by atoms with Crippen LogP contribution in [0.4, 0.5) is 26.3 Å². The molecule has 9 heteroatoms. The molecule has 100 valence electrons. The highest BCUT2D eigenvalue weighted by molar-refractivity contribution is 6.33. The number of rotatable bonds is 1. The molecule has 0 aliphatic rings. The SMILES string of the molecule is NN=Cc1c(Cl)cc(C(F)(F)F)cc1C(F)(F)F. The fourth-order valence-electron chi connectivity index (χ4n) is 1.22. The standard InChI is InChI=1S/C9H5ClF6N2/c10-7-2-4(8(11,12)13)1-6(9(14,15)16)5(7)3-18-17/h1-3H,17H2. The van der Waals surface area contributed by atoms with Gasteiger partial charge >= 0.3 is 12.4 Å². The molecule has 0 saturated carbocycles. The molecular weight excluding hydrogens is 286 g/mol. The Balaban J connectivity index is 3.58. The van der Waals surface area contributed by atoms with Crippen LogP contribution in [-0.2, 0) is 12.4 Å². The summed E-state index contributed by atoms with van der Waals surface area (Å²) in [6.45, 7) is 0. The van der Waals surface area contributed by atoms with Gasteiger partial charge in [0.2, 0.25) is 0 Å². The largest absolute Gasteiger partial charge is 0.417 e. The van der Waals surface area contributed by atoms with Crippen LogP contribution in [0.5, 0.6) is 0 Å². The van der Waals surface area contributed by atoms with Crippen molar-refractivity contribution in [1.82, 2.24) is 0 Å². The second-order valence-electron chi connectivity index (χ2n) is 3.19. The zero-order valence-corrected chi connectivity index (χ0v) is 9.16. The summed E-state index contributed by atoms with van der Waals surface area (Å²) in [5.41, 5.74) is -3.75. The molecule has 0 bridgehead atoms. The van der Waals surface area contributed by atoms with Crippen LogP contribution >= 0.6 is 11.6 Å². The third kappa shape index (κ3) is 3.06. The normalized spacial score (nSPS) is 13.3. The Hall–Kier alpha value is -1.44. The summed E-state index contributed by atoms with van der Waals surface area (Å²) < 4.78 is 74.9. The average molecular weight is 291 g/mol. The molecular formula is C9H5ClF6N2. The number of hydrogen-bond acceptors (Lipinski definition) is 2. The minimum absolute atomic E-state index is 0.0388. The highest BCUT2D eigenvalue weighted by Crippen LogP contribution is 2.39. The Bertz CT molecular complexity index is 477. The summed E-state index contributed by atoms with van der Waals surface area (Å²) in [5, 5.41) is 2.11. The number of nitrogens with two attached hydrogens (primary N) is 1. The van der Waals surface area contributed by atoms with E-state index in [1.165, 1.54) is 0 Å². The zero-order chi connectivity index (χ0) is 14.1. The van der Waals surface area contributed by atoms with Crippen molar-refractivity contribution in [2.45, 2.75) is 12.4 Å². The van der Waals surface area contributed by atoms with Crippen molar-refractivity contribution in [3.05, 3.63) is 33.8 Å². The van der Waals surface area contributed by atoms with Crippen molar-refractivity contribution >= 4 is 17.8 Å². The molecule has 0 saturated heterocycles. The lowest BCUT2D eigenvalue weighted by Gasteiger charge is -2.15. The minimum atomic E-state index is -5.00. The van der Waals surface area contributed by atoms with Gasteiger partial charge in [0.25, 0.3) is 0 Å². The quantitative estimate of drug-likeness (QED) is 0.364. The number of alkyl halides is 6. The van der Waals surface area contributed by atoms with Crippen LogP contribution in [0.25, 0.3) is 0 Å². The minimum Gasteiger partial charge on any atom is -0.323 e. The van der Waals surface area contributed by atoms with Gasteiger partial charge in [-0.2, -0.15) is 31.4 Å². The van der Waals surface area contributed by atoms with Crippen molar-refractivity contribution in [1.29, 1.82) is 0 Å². The lowest BCUT2D eigenvalue weighted by molar-refractivity contribution is -0.143. The average Bonchev–Trinajstić information content (AvgIpc) is 2.17. The lowest BCUT2D eigenvalue weighted by atomic mass is 10.0. The van der Waals surface area contributed by atoms with Crippen molar-refractivity contribution < 1.29 is 26.3 Å². The third-order valence-corrected chi connectivity index (χ3v) is 2.28. The molecule has 0 amide bonds. The number of halogens is 7. The summed E-state index contributed by atoms with van der Waals surface area (Å²) in [4.78, 5) is 0. The molecule has 1 rings (SSSR count). The highest BCUT2D eigenvalue weighted by atomic mass is 35.5. The predicted octanol–water partition coefficient (Wildman–Crippen LogP) is 3.67. The van der Waals surface area contributed by atoms with Gasteiger partial charge in [-0.25, -0.2) is 0 Å². The van der Waals surface area contributed by atoms with Gasteiger partial charge in [0.15, 0.2) is 0 Å². The molecule has 0 unspecified atom stereocenters. The highest BCUT2D eigenvalue weighted by Gasteiger charge is 2.39. The van der Waals surface area contributed by atoms with E-state index in [9.17, 15) is 26.3 Å². The first-order chi connectivity index (χ1) is 8.07. The van der Waals surface area contributed by atoms with Crippen molar-refractivity contribution in [2.75, 3.05) is 0 Å². The smallest absolute Gasteiger partial charge is 0.323 e. The van der Waals surface area contributed by atoms with Crippen molar-refractivity contribution in [3.8, 4) is 0 Å². The molecule has 0 heterocycles. The van der Waals surface area contributed by atoms with Gasteiger partial charge in [-0.3, -0.25) is 0 Å². The number of hydrogen-bond donors (Lipinski definition) is 1. The van der Waals surface area contributed by atoms with Crippen molar-refractivity contribution in [3.63, 3.8) is 0 Å². The number of benzene rings is 1. The molecule has 1 aromatic rings. The Kier molecular flexibility index (Phi) is 3.80. The van der Waals surface area contributed by atoms with Gasteiger partial charge < -0.3 is 5.84 Å². The summed E-state index contributed by atoms with van der Waals surface area (Å²) >= 11 is 5.38. The van der Waals surface area contributed by atoms with E-state index in [1.54, 1.807) is 0 Å². The first-order valence-electron chi connectivity index (χ1n) is 4.28. The first kappa shape index (κ1) is 14.6. The van der Waals surface area contributed by atoms with E-state index < -0.39 is 34.1 Å². The molecule has 1 aromatic carbocycles. The van der Waals surface area contributed by atoms with E-state index in [4.69, 9.17) is 11.6 Å². The Morgan fingerprint density at radius 1 is 1.06 bits per heavy atom. The van der Waals surface area contributed by atoms with E-state index >= 15 is 0 Å². The first-order valence-corrected chi connectivity index (χ1v) is 4.66. The number of hydrazone groups is 1. The van der Waals surface area contributed by atoms with Crippen LogP contribution in [0, 0.1) is 0 Å². The second kappa shape index (κ2) is 4.68. The van der Waals surface area contributed by atoms with Gasteiger partial charge in [-0.15, -0.1) is 0 Å². The maximum absolute atomic E-state index is 12.6. The van der Waals surface area contributed by atoms with Gasteiger partial charge in [0.1, 0.15) is 0 Å². The number of nitrogens with zero attached hydrogens (tertiary/aromatic N) is 1. The van der Waals surface area contributed by atoms with Gasteiger partial charge in [0, 0.05) is 5.56 Å². The molecule has 0 fully saturated rings. The molecule has 0 aliphatic carbocycles. The van der Waals surface area contributed by atoms with Crippen LogP contribution in [0.1, 0.15) is 16.7 Å². The molecule has 18 heavy (non-hydrogen) atoms. The summed E-state index contributed by atoms with van der Waals surface area (Å²) in [6, 6.07) is 0.344. The molecule has 0 spiro atoms. The lowest BCUT2D eigenvalue weighted by Crippen LogP contribution is -2.14. The van der Waals surface area contributed by atoms with E-state index in [0.29, 0.717) is 12.3 Å². The Labute approximate surface area is 102 Å².